The number of anilines is 1. The molecule has 0 spiro atoms. The van der Waals surface area contributed by atoms with Gasteiger partial charge in [0.25, 0.3) is 0 Å². The Bertz CT molecular complexity index is 1350. The number of nitrogens with zero attached hydrogens (tertiary/aromatic N) is 3. The Labute approximate surface area is 210 Å². The number of para-hydroxylation sites is 2. The zero-order valence-electron chi connectivity index (χ0n) is 20.0. The van der Waals surface area contributed by atoms with Crippen molar-refractivity contribution in [1.82, 2.24) is 14.9 Å². The van der Waals surface area contributed by atoms with Gasteiger partial charge in [-0.25, -0.2) is 0 Å². The minimum absolute atomic E-state index is 0.138. The van der Waals surface area contributed by atoms with Crippen molar-refractivity contribution in [3.8, 4) is 17.2 Å². The van der Waals surface area contributed by atoms with Crippen molar-refractivity contribution in [3.63, 3.8) is 0 Å². The molecule has 0 saturated carbocycles. The molecule has 1 fully saturated rings. The highest BCUT2D eigenvalue weighted by Gasteiger charge is 2.42. The summed E-state index contributed by atoms with van der Waals surface area (Å²) in [4.78, 5) is 6.81. The van der Waals surface area contributed by atoms with E-state index in [-0.39, 0.29) is 17.8 Å². The molecule has 7 heteroatoms. The molecule has 4 aromatic rings. The van der Waals surface area contributed by atoms with Crippen LogP contribution < -0.4 is 15.0 Å². The first kappa shape index (κ1) is 22.9. The fourth-order valence-electron chi connectivity index (χ4n) is 4.93. The molecule has 2 atom stereocenters. The van der Waals surface area contributed by atoms with Crippen molar-refractivity contribution in [2.75, 3.05) is 11.5 Å². The quantitative estimate of drug-likeness (QED) is 0.339. The molecule has 0 amide bonds. The lowest BCUT2D eigenvalue weighted by Crippen LogP contribution is -2.29. The Kier molecular flexibility index (Phi) is 6.17. The van der Waals surface area contributed by atoms with Crippen LogP contribution in [0.2, 0.25) is 0 Å². The van der Waals surface area contributed by atoms with Crippen molar-refractivity contribution in [2.45, 2.75) is 32.9 Å². The average Bonchev–Trinajstić information content (AvgIpc) is 3.36. The van der Waals surface area contributed by atoms with Gasteiger partial charge in [0.05, 0.1) is 30.1 Å². The number of benzene rings is 2. The zero-order valence-corrected chi connectivity index (χ0v) is 20.8. The molecule has 0 bridgehead atoms. The number of aromatic hydroxyl groups is 1. The molecule has 6 nitrogen and oxygen atoms in total. The van der Waals surface area contributed by atoms with Gasteiger partial charge in [0.1, 0.15) is 11.5 Å². The van der Waals surface area contributed by atoms with Crippen molar-refractivity contribution in [3.05, 3.63) is 102 Å². The molecule has 1 saturated heterocycles. The highest BCUT2D eigenvalue weighted by molar-refractivity contribution is 7.80. The van der Waals surface area contributed by atoms with Crippen LogP contribution in [0.1, 0.15) is 41.7 Å². The minimum atomic E-state index is -0.145. The molecule has 35 heavy (non-hydrogen) atoms. The third kappa shape index (κ3) is 4.12. The smallest absolute Gasteiger partial charge is 0.174 e. The molecule has 0 radical (unpaired) electrons. The standard InChI is InChI=1S/C28H28N4O2S/c1-4-34-21-14-12-20(13-15-21)32-27(26(30-28(32)35)23-9-7-8-16-29-23)22-17-18(2)31(19(22)3)24-10-5-6-11-25(24)33/h5-17,26-27,33H,4H2,1-3H3,(H,30,35)/t26-,27+/m1/s1. The summed E-state index contributed by atoms with van der Waals surface area (Å²) < 4.78 is 7.74. The third-order valence-corrected chi connectivity index (χ3v) is 6.75. The summed E-state index contributed by atoms with van der Waals surface area (Å²) in [6.45, 7) is 6.73. The van der Waals surface area contributed by atoms with Crippen molar-refractivity contribution in [2.24, 2.45) is 0 Å². The number of thiocarbonyl (C=S) groups is 1. The van der Waals surface area contributed by atoms with Gasteiger partial charge in [-0.3, -0.25) is 4.98 Å². The van der Waals surface area contributed by atoms with Gasteiger partial charge < -0.3 is 24.6 Å². The molecule has 0 aliphatic carbocycles. The highest BCUT2D eigenvalue weighted by Crippen LogP contribution is 2.44. The van der Waals surface area contributed by atoms with E-state index in [1.165, 1.54) is 0 Å². The van der Waals surface area contributed by atoms with Crippen LogP contribution in [0, 0.1) is 13.8 Å². The summed E-state index contributed by atoms with van der Waals surface area (Å²) in [6, 6.07) is 23.3. The fourth-order valence-corrected chi connectivity index (χ4v) is 5.28. The highest BCUT2D eigenvalue weighted by atomic mass is 32.1. The van der Waals surface area contributed by atoms with Crippen LogP contribution in [0.25, 0.3) is 5.69 Å². The number of hydrogen-bond donors (Lipinski definition) is 2. The molecule has 178 valence electrons. The first-order chi connectivity index (χ1) is 17.0. The maximum absolute atomic E-state index is 10.6. The SMILES string of the molecule is CCOc1ccc(N2C(=S)N[C@H](c3ccccn3)[C@@H]2c2cc(C)n(-c3ccccc3O)c2C)cc1. The Morgan fingerprint density at radius 3 is 2.46 bits per heavy atom. The van der Waals surface area contributed by atoms with Gasteiger partial charge >= 0.3 is 0 Å². The van der Waals surface area contributed by atoms with E-state index in [9.17, 15) is 5.11 Å². The molecular weight excluding hydrogens is 456 g/mol. The van der Waals surface area contributed by atoms with E-state index in [0.29, 0.717) is 11.7 Å². The Balaban J connectivity index is 1.65. The minimum Gasteiger partial charge on any atom is -0.506 e. The lowest BCUT2D eigenvalue weighted by atomic mass is 9.96. The van der Waals surface area contributed by atoms with E-state index in [0.717, 1.165) is 39.8 Å². The largest absolute Gasteiger partial charge is 0.506 e. The number of nitrogens with one attached hydrogen (secondary N) is 1. The second kappa shape index (κ2) is 9.43. The van der Waals surface area contributed by atoms with Crippen LogP contribution in [0.3, 0.4) is 0 Å². The molecule has 2 N–H and O–H groups in total. The van der Waals surface area contributed by atoms with E-state index in [1.807, 2.05) is 73.8 Å². The first-order valence-corrected chi connectivity index (χ1v) is 12.1. The van der Waals surface area contributed by atoms with E-state index < -0.39 is 0 Å². The van der Waals surface area contributed by atoms with E-state index >= 15 is 0 Å². The van der Waals surface area contributed by atoms with Gasteiger partial charge in [-0.15, -0.1) is 0 Å². The molecule has 3 heterocycles. The van der Waals surface area contributed by atoms with Gasteiger partial charge in [-0.05, 0) is 93.1 Å². The van der Waals surface area contributed by atoms with Crippen molar-refractivity contribution in [1.29, 1.82) is 0 Å². The average molecular weight is 485 g/mol. The molecule has 5 rings (SSSR count). The normalized spacial score (nSPS) is 17.5. The number of hydrogen-bond acceptors (Lipinski definition) is 4. The number of phenols is 1. The summed E-state index contributed by atoms with van der Waals surface area (Å²) in [6.07, 6.45) is 1.81. The predicted molar refractivity (Wildman–Crippen MR) is 142 cm³/mol. The van der Waals surface area contributed by atoms with E-state index in [2.05, 4.69) is 39.7 Å². The lowest BCUT2D eigenvalue weighted by molar-refractivity contribution is 0.340. The third-order valence-electron chi connectivity index (χ3n) is 6.44. The number of phenolic OH excluding ortho intramolecular Hbond substituents is 1. The molecule has 2 aromatic heterocycles. The topological polar surface area (TPSA) is 62.5 Å². The van der Waals surface area contributed by atoms with Crippen LogP contribution in [0.15, 0.2) is 79.0 Å². The summed E-state index contributed by atoms with van der Waals surface area (Å²) in [5.41, 5.74) is 5.83. The lowest BCUT2D eigenvalue weighted by Gasteiger charge is -2.28. The summed E-state index contributed by atoms with van der Waals surface area (Å²) in [5, 5.41) is 14.7. The number of ether oxygens (including phenoxy) is 1. The van der Waals surface area contributed by atoms with Gasteiger partial charge in [-0.1, -0.05) is 18.2 Å². The van der Waals surface area contributed by atoms with Crippen LogP contribution in [0.5, 0.6) is 11.5 Å². The predicted octanol–water partition coefficient (Wildman–Crippen LogP) is 5.77. The molecule has 1 aliphatic heterocycles. The Morgan fingerprint density at radius 2 is 1.77 bits per heavy atom. The summed E-state index contributed by atoms with van der Waals surface area (Å²) in [5.74, 6) is 1.07. The summed E-state index contributed by atoms with van der Waals surface area (Å²) >= 11 is 5.87. The summed E-state index contributed by atoms with van der Waals surface area (Å²) in [7, 11) is 0. The number of pyridine rings is 1. The second-order valence-electron chi connectivity index (χ2n) is 8.57. The van der Waals surface area contributed by atoms with E-state index in [4.69, 9.17) is 17.0 Å². The number of aryl methyl sites for hydroxylation is 1. The van der Waals surface area contributed by atoms with Crippen molar-refractivity contribution >= 4 is 23.0 Å². The van der Waals surface area contributed by atoms with Crippen LogP contribution in [0.4, 0.5) is 5.69 Å². The Morgan fingerprint density at radius 1 is 1.03 bits per heavy atom. The maximum atomic E-state index is 10.6. The second-order valence-corrected chi connectivity index (χ2v) is 8.96. The number of aromatic nitrogens is 2. The maximum Gasteiger partial charge on any atom is 0.174 e. The van der Waals surface area contributed by atoms with Gasteiger partial charge in [-0.2, -0.15) is 0 Å². The molecule has 2 aromatic carbocycles. The molecule has 1 aliphatic rings. The van der Waals surface area contributed by atoms with Crippen molar-refractivity contribution < 1.29 is 9.84 Å². The number of rotatable bonds is 6. The van der Waals surface area contributed by atoms with Gasteiger partial charge in [0.15, 0.2) is 5.11 Å². The van der Waals surface area contributed by atoms with Crippen LogP contribution >= 0.6 is 12.2 Å². The fraction of sp³-hybridized carbons (Fsp3) is 0.214. The van der Waals surface area contributed by atoms with Gasteiger partial charge in [0.2, 0.25) is 0 Å². The Hall–Kier alpha value is -3.84. The van der Waals surface area contributed by atoms with Crippen LogP contribution in [-0.2, 0) is 0 Å². The zero-order chi connectivity index (χ0) is 24.5. The molecular formula is C28H28N4O2S. The monoisotopic (exact) mass is 484 g/mol. The van der Waals surface area contributed by atoms with E-state index in [1.54, 1.807) is 6.07 Å². The molecule has 0 unspecified atom stereocenters. The van der Waals surface area contributed by atoms with Gasteiger partial charge in [0, 0.05) is 23.3 Å². The van der Waals surface area contributed by atoms with Crippen LogP contribution in [-0.4, -0.2) is 26.4 Å². The first-order valence-electron chi connectivity index (χ1n) is 11.7.